The van der Waals surface area contributed by atoms with Crippen molar-refractivity contribution in [2.75, 3.05) is 20.2 Å². The summed E-state index contributed by atoms with van der Waals surface area (Å²) in [5, 5.41) is 14.9. The van der Waals surface area contributed by atoms with Gasteiger partial charge in [0, 0.05) is 54.2 Å². The van der Waals surface area contributed by atoms with Crippen LogP contribution in [0.5, 0.6) is 5.75 Å². The predicted octanol–water partition coefficient (Wildman–Crippen LogP) is 4.48. The lowest BCUT2D eigenvalue weighted by Crippen LogP contribution is -2.50. The van der Waals surface area contributed by atoms with Gasteiger partial charge in [0.15, 0.2) is 5.82 Å². The van der Waals surface area contributed by atoms with Crippen molar-refractivity contribution in [3.05, 3.63) is 84.1 Å². The fourth-order valence-electron chi connectivity index (χ4n) is 6.68. The minimum absolute atomic E-state index is 0.00235. The summed E-state index contributed by atoms with van der Waals surface area (Å²) in [6.45, 7) is 1.48. The summed E-state index contributed by atoms with van der Waals surface area (Å²) in [5.74, 6) is 1.42. The van der Waals surface area contributed by atoms with Crippen molar-refractivity contribution in [2.24, 2.45) is 11.7 Å². The van der Waals surface area contributed by atoms with Crippen molar-refractivity contribution in [3.8, 4) is 29.0 Å². The minimum Gasteiger partial charge on any atom is -0.494 e. The van der Waals surface area contributed by atoms with Crippen LogP contribution in [-0.2, 0) is 13.1 Å². The van der Waals surface area contributed by atoms with Crippen LogP contribution in [0.1, 0.15) is 40.7 Å². The lowest BCUT2D eigenvalue weighted by Gasteiger charge is -2.33. The molecule has 1 aromatic carbocycles. The molecular formula is C35H33FN10O2. The lowest BCUT2D eigenvalue weighted by atomic mass is 10.0. The SMILES string of the molecule is COc1cc(C(=O)N2C[C@H](N)C[C@@H](F)C2)cc2nc(-c3cc4cccnc4n3CC3CC3)n(Cc3cnn(-c4cncc(C#N)c4)c3)c12. The van der Waals surface area contributed by atoms with Crippen LogP contribution in [0.2, 0.25) is 0 Å². The fraction of sp³-hybridized carbons (Fsp3) is 0.314. The largest absolute Gasteiger partial charge is 0.494 e. The molecule has 0 spiro atoms. The molecule has 8 rings (SSSR count). The van der Waals surface area contributed by atoms with Crippen LogP contribution >= 0.6 is 0 Å². The molecule has 5 aromatic heterocycles. The summed E-state index contributed by atoms with van der Waals surface area (Å²) in [4.78, 5) is 29.3. The van der Waals surface area contributed by atoms with Crippen LogP contribution in [0.25, 0.3) is 39.3 Å². The van der Waals surface area contributed by atoms with Gasteiger partial charge in [0.1, 0.15) is 29.2 Å². The normalized spacial score (nSPS) is 18.0. The molecule has 12 nitrogen and oxygen atoms in total. The van der Waals surface area contributed by atoms with E-state index in [1.54, 1.807) is 48.6 Å². The molecule has 1 saturated heterocycles. The van der Waals surface area contributed by atoms with E-state index in [2.05, 4.69) is 37.4 Å². The number of ether oxygens (including phenoxy) is 1. The quantitative estimate of drug-likeness (QED) is 0.255. The average Bonchev–Trinajstić information content (AvgIpc) is 3.50. The first-order chi connectivity index (χ1) is 23.4. The molecule has 0 radical (unpaired) electrons. The Labute approximate surface area is 275 Å². The van der Waals surface area contributed by atoms with E-state index in [1.807, 2.05) is 12.3 Å². The molecule has 6 aromatic rings. The number of benzene rings is 1. The first kappa shape index (κ1) is 29.8. The lowest BCUT2D eigenvalue weighted by molar-refractivity contribution is 0.0606. The van der Waals surface area contributed by atoms with E-state index in [0.29, 0.717) is 51.9 Å². The summed E-state index contributed by atoms with van der Waals surface area (Å²) in [6.07, 6.45) is 10.0. The Kier molecular flexibility index (Phi) is 7.37. The summed E-state index contributed by atoms with van der Waals surface area (Å²) in [5.41, 5.74) is 11.5. The summed E-state index contributed by atoms with van der Waals surface area (Å²) < 4.78 is 26.4. The van der Waals surface area contributed by atoms with Gasteiger partial charge in [-0.15, -0.1) is 0 Å². The number of nitrogens with two attached hydrogens (primary N) is 1. The van der Waals surface area contributed by atoms with Crippen LogP contribution < -0.4 is 10.5 Å². The maximum absolute atomic E-state index is 14.4. The number of rotatable bonds is 8. The zero-order valence-corrected chi connectivity index (χ0v) is 26.3. The summed E-state index contributed by atoms with van der Waals surface area (Å²) in [7, 11) is 1.57. The molecule has 0 unspecified atom stereocenters. The van der Waals surface area contributed by atoms with Crippen LogP contribution in [-0.4, -0.2) is 77.1 Å². The van der Waals surface area contributed by atoms with Gasteiger partial charge in [-0.25, -0.2) is 19.0 Å². The highest BCUT2D eigenvalue weighted by Crippen LogP contribution is 2.38. The molecule has 2 atom stereocenters. The molecule has 6 heterocycles. The van der Waals surface area contributed by atoms with Gasteiger partial charge < -0.3 is 24.5 Å². The van der Waals surface area contributed by atoms with E-state index in [-0.39, 0.29) is 25.4 Å². The topological polar surface area (TPSA) is 146 Å². The second-order valence-electron chi connectivity index (χ2n) is 12.7. The molecule has 48 heavy (non-hydrogen) atoms. The molecule has 1 amide bonds. The third kappa shape index (κ3) is 5.43. The van der Waals surface area contributed by atoms with Crippen molar-refractivity contribution in [1.82, 2.24) is 38.8 Å². The number of nitriles is 1. The number of carbonyl (C=O) groups excluding carboxylic acids is 1. The van der Waals surface area contributed by atoms with Gasteiger partial charge in [-0.2, -0.15) is 10.4 Å². The number of halogens is 1. The third-order valence-electron chi connectivity index (χ3n) is 9.11. The maximum Gasteiger partial charge on any atom is 0.254 e. The van der Waals surface area contributed by atoms with E-state index in [9.17, 15) is 14.4 Å². The maximum atomic E-state index is 14.4. The fourth-order valence-corrected chi connectivity index (χ4v) is 6.68. The van der Waals surface area contributed by atoms with Crippen molar-refractivity contribution in [3.63, 3.8) is 0 Å². The number of amides is 1. The molecule has 13 heteroatoms. The Bertz CT molecular complexity index is 2220. The predicted molar refractivity (Wildman–Crippen MR) is 176 cm³/mol. The van der Waals surface area contributed by atoms with Gasteiger partial charge in [0.25, 0.3) is 5.91 Å². The molecule has 2 N–H and O–H groups in total. The summed E-state index contributed by atoms with van der Waals surface area (Å²) in [6, 6.07) is 13.0. The van der Waals surface area contributed by atoms with Gasteiger partial charge in [0.2, 0.25) is 0 Å². The highest BCUT2D eigenvalue weighted by atomic mass is 19.1. The van der Waals surface area contributed by atoms with E-state index >= 15 is 0 Å². The van der Waals surface area contributed by atoms with Crippen molar-refractivity contribution in [2.45, 2.75) is 44.6 Å². The van der Waals surface area contributed by atoms with Gasteiger partial charge in [-0.3, -0.25) is 9.78 Å². The molecule has 2 fully saturated rings. The second-order valence-corrected chi connectivity index (χ2v) is 12.7. The van der Waals surface area contributed by atoms with Gasteiger partial charge in [-0.1, -0.05) is 0 Å². The molecule has 0 bridgehead atoms. The van der Waals surface area contributed by atoms with E-state index in [0.717, 1.165) is 28.8 Å². The number of hydrogen-bond acceptors (Lipinski definition) is 8. The molecular weight excluding hydrogens is 611 g/mol. The zero-order valence-electron chi connectivity index (χ0n) is 26.3. The van der Waals surface area contributed by atoms with E-state index in [1.165, 1.54) is 23.9 Å². The van der Waals surface area contributed by atoms with Crippen LogP contribution in [0.4, 0.5) is 4.39 Å². The number of alkyl halides is 1. The number of carbonyl (C=O) groups is 1. The van der Waals surface area contributed by atoms with Gasteiger partial charge >= 0.3 is 0 Å². The number of hydrogen-bond donors (Lipinski definition) is 1. The highest BCUT2D eigenvalue weighted by Gasteiger charge is 2.31. The monoisotopic (exact) mass is 644 g/mol. The van der Waals surface area contributed by atoms with Crippen LogP contribution in [0, 0.1) is 17.2 Å². The minimum atomic E-state index is -1.17. The number of methoxy groups -OCH3 is 1. The van der Waals surface area contributed by atoms with Gasteiger partial charge in [0.05, 0.1) is 55.1 Å². The number of imidazole rings is 1. The Morgan fingerprint density at radius 1 is 1.15 bits per heavy atom. The van der Waals surface area contributed by atoms with E-state index in [4.69, 9.17) is 20.4 Å². The number of aromatic nitrogens is 7. The Balaban J connectivity index is 1.28. The van der Waals surface area contributed by atoms with E-state index < -0.39 is 12.2 Å². The van der Waals surface area contributed by atoms with Gasteiger partial charge in [-0.05, 0) is 61.6 Å². The Morgan fingerprint density at radius 3 is 2.81 bits per heavy atom. The highest BCUT2D eigenvalue weighted by molar-refractivity contribution is 6.00. The smallest absolute Gasteiger partial charge is 0.254 e. The van der Waals surface area contributed by atoms with Crippen LogP contribution in [0.15, 0.2) is 67.4 Å². The Morgan fingerprint density at radius 2 is 2.02 bits per heavy atom. The van der Waals surface area contributed by atoms with Crippen LogP contribution in [0.3, 0.4) is 0 Å². The zero-order chi connectivity index (χ0) is 32.9. The number of nitrogens with zero attached hydrogens (tertiary/aromatic N) is 9. The Hall–Kier alpha value is -5.61. The number of likely N-dealkylation sites (tertiary alicyclic amines) is 1. The first-order valence-electron chi connectivity index (χ1n) is 16.0. The number of piperidine rings is 1. The average molecular weight is 645 g/mol. The number of pyridine rings is 2. The molecule has 1 aliphatic heterocycles. The number of fused-ring (bicyclic) bond motifs is 2. The summed E-state index contributed by atoms with van der Waals surface area (Å²) >= 11 is 0. The molecule has 2 aliphatic rings. The molecule has 1 aliphatic carbocycles. The third-order valence-corrected chi connectivity index (χ3v) is 9.11. The molecule has 242 valence electrons. The first-order valence-corrected chi connectivity index (χ1v) is 16.0. The standard InChI is InChI=1S/C35H33FN10O2/c1-48-31-10-25(35(47)43-19-26(36)11-27(38)20-43)8-29-32(31)45(17-23-14-41-46(18-23)28-7-22(12-37)13-39-15-28)34(42-29)30-9-24-3-2-6-40-33(24)44(30)16-21-4-5-21/h2-3,6-10,13-15,18,21,26-27H,4-5,11,16-17,19-20,38H2,1H3/t26-,27-/m1/s1. The van der Waals surface area contributed by atoms with Crippen molar-refractivity contribution >= 4 is 28.0 Å². The second kappa shape index (κ2) is 11.9. The molecule has 1 saturated carbocycles. The van der Waals surface area contributed by atoms with Crippen molar-refractivity contribution < 1.29 is 13.9 Å². The van der Waals surface area contributed by atoms with Crippen molar-refractivity contribution in [1.29, 1.82) is 5.26 Å².